The molecule has 188 valence electrons. The minimum Gasteiger partial charge on any atom is -0.508 e. The Labute approximate surface area is 200 Å². The molecule has 0 aliphatic heterocycles. The Kier molecular flexibility index (Phi) is 10.7. The number of ether oxygens (including phenoxy) is 1. The van der Waals surface area contributed by atoms with Crippen LogP contribution >= 0.6 is 0 Å². The fraction of sp³-hybridized carbons (Fsp3) is 0.704. The monoisotopic (exact) mass is 462 g/mol. The Morgan fingerprint density at radius 1 is 0.879 bits per heavy atom. The Balaban J connectivity index is 2.95. The fourth-order valence-electron chi connectivity index (χ4n) is 4.62. The van der Waals surface area contributed by atoms with Gasteiger partial charge in [0.2, 0.25) is 11.8 Å². The van der Waals surface area contributed by atoms with Crippen LogP contribution in [0.4, 0.5) is 0 Å². The van der Waals surface area contributed by atoms with Gasteiger partial charge in [-0.1, -0.05) is 40.5 Å². The van der Waals surface area contributed by atoms with Crippen molar-refractivity contribution in [2.24, 2.45) is 0 Å². The highest BCUT2D eigenvalue weighted by molar-refractivity contribution is 5.73. The lowest BCUT2D eigenvalue weighted by atomic mass is 9.75. The van der Waals surface area contributed by atoms with Crippen LogP contribution in [0.25, 0.3) is 0 Å². The maximum atomic E-state index is 11.2. The van der Waals surface area contributed by atoms with E-state index in [1.807, 2.05) is 26.0 Å². The van der Waals surface area contributed by atoms with E-state index in [-0.39, 0.29) is 34.7 Å². The van der Waals surface area contributed by atoms with E-state index in [4.69, 9.17) is 4.74 Å². The summed E-state index contributed by atoms with van der Waals surface area (Å²) in [5.41, 5.74) is 1.46. The Bertz CT molecular complexity index is 802. The van der Waals surface area contributed by atoms with Crippen LogP contribution in [-0.4, -0.2) is 36.1 Å². The molecule has 1 aromatic carbocycles. The zero-order valence-electron chi connectivity index (χ0n) is 22.2. The summed E-state index contributed by atoms with van der Waals surface area (Å²) in [7, 11) is 1.68. The van der Waals surface area contributed by atoms with Gasteiger partial charge < -0.3 is 20.5 Å². The van der Waals surface area contributed by atoms with E-state index in [0.717, 1.165) is 55.4 Å². The lowest BCUT2D eigenvalue weighted by molar-refractivity contribution is -0.120. The van der Waals surface area contributed by atoms with Crippen molar-refractivity contribution in [2.75, 3.05) is 7.11 Å². The minimum atomic E-state index is -0.232. The van der Waals surface area contributed by atoms with Crippen LogP contribution in [0.15, 0.2) is 12.1 Å². The third-order valence-electron chi connectivity index (χ3n) is 6.55. The third kappa shape index (κ3) is 9.26. The second-order valence-electron chi connectivity index (χ2n) is 10.8. The Morgan fingerprint density at radius 3 is 1.70 bits per heavy atom. The normalized spacial score (nSPS) is 13.8. The quantitative estimate of drug-likeness (QED) is 0.369. The number of nitrogens with one attached hydrogen (secondary N) is 2. The molecule has 2 amide bonds. The van der Waals surface area contributed by atoms with E-state index < -0.39 is 0 Å². The molecular formula is C27H46N2O4. The first-order valence-electron chi connectivity index (χ1n) is 12.2. The van der Waals surface area contributed by atoms with Crippen LogP contribution in [-0.2, 0) is 20.4 Å². The lowest BCUT2D eigenvalue weighted by Crippen LogP contribution is -2.31. The number of carbonyl (C=O) groups excluding carboxylic acids is 2. The van der Waals surface area contributed by atoms with Gasteiger partial charge in [-0.15, -0.1) is 0 Å². The van der Waals surface area contributed by atoms with Crippen molar-refractivity contribution in [3.63, 3.8) is 0 Å². The average Bonchev–Trinajstić information content (AvgIpc) is 2.66. The van der Waals surface area contributed by atoms with E-state index in [1.54, 1.807) is 14.0 Å². The lowest BCUT2D eigenvalue weighted by Gasteiger charge is -2.32. The Morgan fingerprint density at radius 2 is 1.30 bits per heavy atom. The summed E-state index contributed by atoms with van der Waals surface area (Å²) in [6.07, 6.45) is 5.49. The van der Waals surface area contributed by atoms with Gasteiger partial charge in [-0.05, 0) is 62.5 Å². The number of carbonyl (C=O) groups is 2. The van der Waals surface area contributed by atoms with Gasteiger partial charge in [0.1, 0.15) is 11.5 Å². The molecule has 0 bridgehead atoms. The summed E-state index contributed by atoms with van der Waals surface area (Å²) >= 11 is 0. The van der Waals surface area contributed by atoms with Crippen LogP contribution in [0.3, 0.4) is 0 Å². The van der Waals surface area contributed by atoms with Crippen molar-refractivity contribution < 1.29 is 19.4 Å². The molecule has 0 radical (unpaired) electrons. The highest BCUT2D eigenvalue weighted by atomic mass is 16.5. The summed E-state index contributed by atoms with van der Waals surface area (Å²) in [6, 6.07) is 4.14. The predicted molar refractivity (Wildman–Crippen MR) is 135 cm³/mol. The smallest absolute Gasteiger partial charge is 0.217 e. The second-order valence-corrected chi connectivity index (χ2v) is 10.8. The minimum absolute atomic E-state index is 0.00359. The number of amides is 2. The molecule has 0 saturated carbocycles. The highest BCUT2D eigenvalue weighted by Crippen LogP contribution is 2.44. The summed E-state index contributed by atoms with van der Waals surface area (Å²) in [5.74, 6) is 1.08. The molecule has 33 heavy (non-hydrogen) atoms. The average molecular weight is 463 g/mol. The topological polar surface area (TPSA) is 87.7 Å². The zero-order chi connectivity index (χ0) is 25.4. The first kappa shape index (κ1) is 28.8. The summed E-state index contributed by atoms with van der Waals surface area (Å²) in [5, 5.41) is 16.8. The number of phenols is 1. The van der Waals surface area contributed by atoms with E-state index in [9.17, 15) is 14.7 Å². The number of methoxy groups -OCH3 is 1. The molecule has 2 atom stereocenters. The van der Waals surface area contributed by atoms with Gasteiger partial charge in [-0.3, -0.25) is 9.59 Å². The van der Waals surface area contributed by atoms with Crippen molar-refractivity contribution in [3.05, 3.63) is 23.3 Å². The molecule has 3 N–H and O–H groups in total. The molecule has 0 fully saturated rings. The van der Waals surface area contributed by atoms with Gasteiger partial charge in [0.05, 0.1) is 7.11 Å². The first-order chi connectivity index (χ1) is 15.2. The molecule has 6 nitrogen and oxygen atoms in total. The highest BCUT2D eigenvalue weighted by Gasteiger charge is 2.30. The maximum absolute atomic E-state index is 11.2. The van der Waals surface area contributed by atoms with E-state index in [0.29, 0.717) is 5.75 Å². The van der Waals surface area contributed by atoms with Crippen molar-refractivity contribution in [1.29, 1.82) is 0 Å². The molecule has 0 aromatic heterocycles. The number of aromatic hydroxyl groups is 1. The molecule has 1 aromatic rings. The van der Waals surface area contributed by atoms with E-state index in [2.05, 4.69) is 38.3 Å². The number of benzene rings is 1. The standard InChI is InChI=1S/C27H46N2O4/c1-18(28-20(3)30)12-10-14-26(5,6)22-17-25(33-9)23(16-24(22)32)27(7,8)15-11-13-19(2)29-21(4)31/h16-19,32H,10-15H2,1-9H3,(H,28,30)(H,29,31). The van der Waals surface area contributed by atoms with Gasteiger partial charge in [0.25, 0.3) is 0 Å². The van der Waals surface area contributed by atoms with Gasteiger partial charge in [0.15, 0.2) is 0 Å². The molecule has 0 saturated heterocycles. The van der Waals surface area contributed by atoms with Crippen molar-refractivity contribution in [1.82, 2.24) is 10.6 Å². The van der Waals surface area contributed by atoms with Gasteiger partial charge >= 0.3 is 0 Å². The number of hydrogen-bond donors (Lipinski definition) is 3. The number of phenolic OH excluding ortho intramolecular Hbond substituents is 1. The van der Waals surface area contributed by atoms with Crippen molar-refractivity contribution >= 4 is 11.8 Å². The number of hydrogen-bond acceptors (Lipinski definition) is 4. The molecular weight excluding hydrogens is 416 g/mol. The van der Waals surface area contributed by atoms with E-state index >= 15 is 0 Å². The SMILES string of the molecule is COc1cc(C(C)(C)CCCC(C)NC(C)=O)c(O)cc1C(C)(C)CCCC(C)NC(C)=O. The van der Waals surface area contributed by atoms with Crippen LogP contribution in [0.5, 0.6) is 11.5 Å². The summed E-state index contributed by atoms with van der Waals surface area (Å²) < 4.78 is 5.77. The first-order valence-corrected chi connectivity index (χ1v) is 12.2. The summed E-state index contributed by atoms with van der Waals surface area (Å²) in [4.78, 5) is 22.5. The Hall–Kier alpha value is -2.24. The maximum Gasteiger partial charge on any atom is 0.217 e. The number of rotatable bonds is 13. The van der Waals surface area contributed by atoms with Crippen LogP contribution in [0, 0.1) is 0 Å². The van der Waals surface area contributed by atoms with E-state index in [1.165, 1.54) is 6.92 Å². The molecule has 0 aliphatic carbocycles. The summed E-state index contributed by atoms with van der Waals surface area (Å²) in [6.45, 7) is 15.7. The molecule has 2 unspecified atom stereocenters. The second kappa shape index (κ2) is 12.3. The van der Waals surface area contributed by atoms with Crippen molar-refractivity contribution in [2.45, 2.75) is 117 Å². The van der Waals surface area contributed by atoms with Gasteiger partial charge in [-0.2, -0.15) is 0 Å². The van der Waals surface area contributed by atoms with Crippen LogP contribution in [0.2, 0.25) is 0 Å². The largest absolute Gasteiger partial charge is 0.508 e. The van der Waals surface area contributed by atoms with Gasteiger partial charge in [-0.25, -0.2) is 0 Å². The van der Waals surface area contributed by atoms with Crippen molar-refractivity contribution in [3.8, 4) is 11.5 Å². The van der Waals surface area contributed by atoms with Crippen LogP contribution < -0.4 is 15.4 Å². The van der Waals surface area contributed by atoms with Crippen LogP contribution in [0.1, 0.15) is 105 Å². The zero-order valence-corrected chi connectivity index (χ0v) is 22.2. The molecule has 1 rings (SSSR count). The predicted octanol–water partition coefficient (Wildman–Crippen LogP) is 5.35. The third-order valence-corrected chi connectivity index (χ3v) is 6.55. The fourth-order valence-corrected chi connectivity index (χ4v) is 4.62. The molecule has 0 heterocycles. The molecule has 0 aliphatic rings. The molecule has 0 spiro atoms. The molecule has 6 heteroatoms. The van der Waals surface area contributed by atoms with Gasteiger partial charge in [0, 0.05) is 37.1 Å².